The summed E-state index contributed by atoms with van der Waals surface area (Å²) in [5.41, 5.74) is 2.61. The summed E-state index contributed by atoms with van der Waals surface area (Å²) in [6.07, 6.45) is 1.04. The van der Waals surface area contributed by atoms with Gasteiger partial charge in [0.2, 0.25) is 0 Å². The molecule has 1 rings (SSSR count). The van der Waals surface area contributed by atoms with E-state index in [1.807, 2.05) is 7.05 Å². The van der Waals surface area contributed by atoms with Crippen LogP contribution in [0.5, 0.6) is 0 Å². The van der Waals surface area contributed by atoms with Gasteiger partial charge < -0.3 is 10.1 Å². The van der Waals surface area contributed by atoms with Crippen molar-refractivity contribution < 1.29 is 4.74 Å². The number of nitrogens with one attached hydrogen (secondary N) is 1. The van der Waals surface area contributed by atoms with Gasteiger partial charge in [0.25, 0.3) is 0 Å². The Bertz CT molecular complexity index is 289. The van der Waals surface area contributed by atoms with E-state index in [1.165, 1.54) is 11.1 Å². The van der Waals surface area contributed by atoms with Crippen molar-refractivity contribution in [3.63, 3.8) is 0 Å². The van der Waals surface area contributed by atoms with E-state index in [0.29, 0.717) is 6.61 Å². The molecule has 0 unspecified atom stereocenters. The van der Waals surface area contributed by atoms with Crippen molar-refractivity contribution in [3.8, 4) is 0 Å². The minimum Gasteiger partial charge on any atom is -0.380 e. The van der Waals surface area contributed by atoms with E-state index in [0.717, 1.165) is 17.4 Å². The number of ether oxygens (including phenoxy) is 1. The first-order valence-electron chi connectivity index (χ1n) is 4.68. The number of likely N-dealkylation sites (N-methyl/N-ethyl adjacent to an activating group) is 1. The summed E-state index contributed by atoms with van der Waals surface area (Å²) in [6.45, 7) is 1.68. The Labute approximate surface area is 93.8 Å². The van der Waals surface area contributed by atoms with Crippen molar-refractivity contribution in [1.82, 2.24) is 5.32 Å². The maximum absolute atomic E-state index is 5.16. The summed E-state index contributed by atoms with van der Waals surface area (Å²) >= 11 is 3.46. The summed E-state index contributed by atoms with van der Waals surface area (Å²) in [5, 5.41) is 3.15. The van der Waals surface area contributed by atoms with Crippen LogP contribution in [0.2, 0.25) is 0 Å². The molecule has 1 N–H and O–H groups in total. The van der Waals surface area contributed by atoms with Crippen LogP contribution in [-0.2, 0) is 17.8 Å². The SMILES string of the molecule is CNCCc1ccc(Br)cc1COC. The predicted molar refractivity (Wildman–Crippen MR) is 62.5 cm³/mol. The van der Waals surface area contributed by atoms with Crippen molar-refractivity contribution >= 4 is 15.9 Å². The van der Waals surface area contributed by atoms with Gasteiger partial charge in [-0.15, -0.1) is 0 Å². The lowest BCUT2D eigenvalue weighted by atomic mass is 10.1. The third-order valence-electron chi connectivity index (χ3n) is 2.11. The van der Waals surface area contributed by atoms with Crippen LogP contribution in [0.4, 0.5) is 0 Å². The van der Waals surface area contributed by atoms with E-state index >= 15 is 0 Å². The second-order valence-corrected chi connectivity index (χ2v) is 4.12. The van der Waals surface area contributed by atoms with E-state index in [2.05, 4.69) is 39.4 Å². The Morgan fingerprint density at radius 2 is 2.14 bits per heavy atom. The molecule has 0 aliphatic heterocycles. The van der Waals surface area contributed by atoms with E-state index in [4.69, 9.17) is 4.74 Å². The van der Waals surface area contributed by atoms with Gasteiger partial charge in [-0.1, -0.05) is 22.0 Å². The Morgan fingerprint density at radius 1 is 1.36 bits per heavy atom. The van der Waals surface area contributed by atoms with Crippen molar-refractivity contribution in [2.75, 3.05) is 20.7 Å². The Morgan fingerprint density at radius 3 is 2.79 bits per heavy atom. The van der Waals surface area contributed by atoms with Crippen molar-refractivity contribution in [1.29, 1.82) is 0 Å². The van der Waals surface area contributed by atoms with Gasteiger partial charge in [-0.2, -0.15) is 0 Å². The van der Waals surface area contributed by atoms with Gasteiger partial charge in [0.1, 0.15) is 0 Å². The number of halogens is 1. The van der Waals surface area contributed by atoms with Crippen LogP contribution in [0.15, 0.2) is 22.7 Å². The highest BCUT2D eigenvalue weighted by atomic mass is 79.9. The minimum atomic E-state index is 0.679. The smallest absolute Gasteiger partial charge is 0.0716 e. The third kappa shape index (κ3) is 3.40. The lowest BCUT2D eigenvalue weighted by molar-refractivity contribution is 0.184. The highest BCUT2D eigenvalue weighted by Crippen LogP contribution is 2.17. The Kier molecular flexibility index (Phi) is 5.15. The quantitative estimate of drug-likeness (QED) is 0.875. The largest absolute Gasteiger partial charge is 0.380 e. The molecule has 0 amide bonds. The van der Waals surface area contributed by atoms with Crippen LogP contribution in [0.3, 0.4) is 0 Å². The molecule has 0 saturated heterocycles. The van der Waals surface area contributed by atoms with E-state index in [1.54, 1.807) is 7.11 Å². The molecule has 3 heteroatoms. The monoisotopic (exact) mass is 257 g/mol. The lowest BCUT2D eigenvalue weighted by Crippen LogP contribution is -2.11. The molecular formula is C11H16BrNO. The maximum Gasteiger partial charge on any atom is 0.0716 e. The zero-order valence-corrected chi connectivity index (χ0v) is 10.2. The molecule has 0 aliphatic rings. The molecule has 14 heavy (non-hydrogen) atoms. The highest BCUT2D eigenvalue weighted by Gasteiger charge is 2.02. The molecule has 0 aliphatic carbocycles. The normalized spacial score (nSPS) is 10.5. The molecule has 0 radical (unpaired) electrons. The van der Waals surface area contributed by atoms with Gasteiger partial charge in [-0.3, -0.25) is 0 Å². The van der Waals surface area contributed by atoms with Crippen molar-refractivity contribution in [2.24, 2.45) is 0 Å². The zero-order valence-electron chi connectivity index (χ0n) is 8.64. The second kappa shape index (κ2) is 6.17. The molecule has 0 bridgehead atoms. The average Bonchev–Trinajstić information content (AvgIpc) is 2.17. The van der Waals surface area contributed by atoms with E-state index in [9.17, 15) is 0 Å². The van der Waals surface area contributed by atoms with Gasteiger partial charge in [0.15, 0.2) is 0 Å². The molecular weight excluding hydrogens is 242 g/mol. The topological polar surface area (TPSA) is 21.3 Å². The number of hydrogen-bond donors (Lipinski definition) is 1. The molecule has 0 aromatic heterocycles. The number of methoxy groups -OCH3 is 1. The first-order valence-corrected chi connectivity index (χ1v) is 5.48. The van der Waals surface area contributed by atoms with E-state index in [-0.39, 0.29) is 0 Å². The van der Waals surface area contributed by atoms with Gasteiger partial charge in [-0.05, 0) is 43.3 Å². The minimum absolute atomic E-state index is 0.679. The lowest BCUT2D eigenvalue weighted by Gasteiger charge is -2.09. The summed E-state index contributed by atoms with van der Waals surface area (Å²) in [7, 11) is 3.69. The molecule has 78 valence electrons. The van der Waals surface area contributed by atoms with Crippen LogP contribution in [0.1, 0.15) is 11.1 Å². The standard InChI is InChI=1S/C11H16BrNO/c1-13-6-5-9-3-4-11(12)7-10(9)8-14-2/h3-4,7,13H,5-6,8H2,1-2H3. The summed E-state index contributed by atoms with van der Waals surface area (Å²) in [6, 6.07) is 6.34. The Balaban J connectivity index is 2.78. The van der Waals surface area contributed by atoms with Crippen LogP contribution >= 0.6 is 15.9 Å². The average molecular weight is 258 g/mol. The summed E-state index contributed by atoms with van der Waals surface area (Å²) in [4.78, 5) is 0. The van der Waals surface area contributed by atoms with E-state index < -0.39 is 0 Å². The van der Waals surface area contributed by atoms with Crippen LogP contribution in [0.25, 0.3) is 0 Å². The Hall–Kier alpha value is -0.380. The number of hydrogen-bond acceptors (Lipinski definition) is 2. The van der Waals surface area contributed by atoms with Crippen LogP contribution in [0, 0.1) is 0 Å². The van der Waals surface area contributed by atoms with Crippen molar-refractivity contribution in [3.05, 3.63) is 33.8 Å². The van der Waals surface area contributed by atoms with Gasteiger partial charge in [-0.25, -0.2) is 0 Å². The molecule has 0 fully saturated rings. The molecule has 1 aromatic carbocycles. The summed E-state index contributed by atoms with van der Waals surface area (Å²) in [5.74, 6) is 0. The highest BCUT2D eigenvalue weighted by molar-refractivity contribution is 9.10. The predicted octanol–water partition coefficient (Wildman–Crippen LogP) is 2.36. The van der Waals surface area contributed by atoms with Crippen LogP contribution in [-0.4, -0.2) is 20.7 Å². The first-order chi connectivity index (χ1) is 6.77. The zero-order chi connectivity index (χ0) is 10.4. The molecule has 0 atom stereocenters. The summed E-state index contributed by atoms with van der Waals surface area (Å²) < 4.78 is 6.27. The fourth-order valence-electron chi connectivity index (χ4n) is 1.39. The fraction of sp³-hybridized carbons (Fsp3) is 0.455. The second-order valence-electron chi connectivity index (χ2n) is 3.20. The van der Waals surface area contributed by atoms with Crippen LogP contribution < -0.4 is 5.32 Å². The number of rotatable bonds is 5. The molecule has 0 heterocycles. The molecule has 1 aromatic rings. The van der Waals surface area contributed by atoms with Gasteiger partial charge in [0, 0.05) is 11.6 Å². The third-order valence-corrected chi connectivity index (χ3v) is 2.61. The first kappa shape index (κ1) is 11.7. The fourth-order valence-corrected chi connectivity index (χ4v) is 1.80. The number of benzene rings is 1. The molecule has 2 nitrogen and oxygen atoms in total. The maximum atomic E-state index is 5.16. The van der Waals surface area contributed by atoms with Gasteiger partial charge >= 0.3 is 0 Å². The van der Waals surface area contributed by atoms with Gasteiger partial charge in [0.05, 0.1) is 6.61 Å². The molecule has 0 saturated carbocycles. The molecule has 0 spiro atoms. The van der Waals surface area contributed by atoms with Crippen molar-refractivity contribution in [2.45, 2.75) is 13.0 Å².